The zero-order valence-corrected chi connectivity index (χ0v) is 12.0. The summed E-state index contributed by atoms with van der Waals surface area (Å²) in [7, 11) is 0. The zero-order valence-electron chi connectivity index (χ0n) is 12.0. The molecule has 0 saturated carbocycles. The average molecular weight is 292 g/mol. The summed E-state index contributed by atoms with van der Waals surface area (Å²) in [5.74, 6) is 0.339. The van der Waals surface area contributed by atoms with Crippen molar-refractivity contribution in [2.24, 2.45) is 0 Å². The molecule has 0 spiro atoms. The number of hydrogen-bond donors (Lipinski definition) is 1. The monoisotopic (exact) mass is 292 g/mol. The molecule has 0 aliphatic heterocycles. The third-order valence-electron chi connectivity index (χ3n) is 3.01. The maximum atomic E-state index is 12.8. The molecule has 1 aromatic carbocycles. The maximum Gasteiger partial charge on any atom is 0.317 e. The van der Waals surface area contributed by atoms with Crippen molar-refractivity contribution in [3.05, 3.63) is 36.0 Å². The lowest BCUT2D eigenvalue weighted by molar-refractivity contribution is 0.201. The first-order valence-electron chi connectivity index (χ1n) is 6.75. The van der Waals surface area contributed by atoms with Crippen molar-refractivity contribution in [3.8, 4) is 11.4 Å². The highest BCUT2D eigenvalue weighted by molar-refractivity contribution is 5.73. The molecule has 1 N–H and O–H groups in total. The summed E-state index contributed by atoms with van der Waals surface area (Å²) in [5.41, 5.74) is 0.654. The van der Waals surface area contributed by atoms with Gasteiger partial charge in [-0.1, -0.05) is 5.16 Å². The van der Waals surface area contributed by atoms with E-state index in [1.807, 2.05) is 13.8 Å². The third kappa shape index (κ3) is 3.77. The highest BCUT2D eigenvalue weighted by Gasteiger charge is 2.12. The molecule has 0 radical (unpaired) electrons. The van der Waals surface area contributed by atoms with Crippen LogP contribution in [0.25, 0.3) is 11.4 Å². The third-order valence-corrected chi connectivity index (χ3v) is 3.01. The topological polar surface area (TPSA) is 71.3 Å². The molecule has 0 saturated heterocycles. The lowest BCUT2D eigenvalue weighted by Gasteiger charge is -2.18. The highest BCUT2D eigenvalue weighted by atomic mass is 19.1. The molecule has 2 aromatic rings. The molecule has 21 heavy (non-hydrogen) atoms. The molecular formula is C14H17FN4O2. The molecular weight excluding hydrogens is 275 g/mol. The molecule has 0 aliphatic rings. The summed E-state index contributed by atoms with van der Waals surface area (Å²) in [6.45, 7) is 5.23. The molecule has 1 aromatic heterocycles. The van der Waals surface area contributed by atoms with Crippen molar-refractivity contribution in [2.75, 3.05) is 13.1 Å². The van der Waals surface area contributed by atoms with Crippen LogP contribution in [-0.2, 0) is 6.54 Å². The van der Waals surface area contributed by atoms with Crippen LogP contribution in [-0.4, -0.2) is 34.2 Å². The Hall–Kier alpha value is -2.44. The van der Waals surface area contributed by atoms with Crippen LogP contribution >= 0.6 is 0 Å². The van der Waals surface area contributed by atoms with Gasteiger partial charge in [-0.2, -0.15) is 4.98 Å². The number of carbonyl (C=O) groups excluding carboxylic acids is 1. The van der Waals surface area contributed by atoms with Crippen molar-refractivity contribution in [2.45, 2.75) is 20.4 Å². The summed E-state index contributed by atoms with van der Waals surface area (Å²) in [6, 6.07) is 5.61. The number of hydrogen-bond acceptors (Lipinski definition) is 4. The Morgan fingerprint density at radius 2 is 1.95 bits per heavy atom. The van der Waals surface area contributed by atoms with Crippen LogP contribution in [0.1, 0.15) is 19.7 Å². The Balaban J connectivity index is 1.97. The van der Waals surface area contributed by atoms with Gasteiger partial charge >= 0.3 is 6.03 Å². The number of carbonyl (C=O) groups is 1. The SMILES string of the molecule is CCN(CC)C(=O)NCc1nc(-c2ccc(F)cc2)no1. The summed E-state index contributed by atoms with van der Waals surface area (Å²) in [4.78, 5) is 17.6. The Morgan fingerprint density at radius 3 is 2.57 bits per heavy atom. The number of rotatable bonds is 5. The first-order valence-corrected chi connectivity index (χ1v) is 6.75. The van der Waals surface area contributed by atoms with Gasteiger partial charge in [-0.15, -0.1) is 0 Å². The lowest BCUT2D eigenvalue weighted by atomic mass is 10.2. The number of benzene rings is 1. The Kier molecular flexibility index (Phi) is 4.86. The van der Waals surface area contributed by atoms with Gasteiger partial charge in [0.25, 0.3) is 0 Å². The van der Waals surface area contributed by atoms with Gasteiger partial charge in [0, 0.05) is 18.7 Å². The van der Waals surface area contributed by atoms with E-state index in [4.69, 9.17) is 4.52 Å². The Bertz CT molecular complexity index is 593. The fraction of sp³-hybridized carbons (Fsp3) is 0.357. The van der Waals surface area contributed by atoms with Gasteiger partial charge in [0.05, 0.1) is 6.54 Å². The van der Waals surface area contributed by atoms with Crippen LogP contribution in [0.15, 0.2) is 28.8 Å². The van der Waals surface area contributed by atoms with Crippen molar-refractivity contribution < 1.29 is 13.7 Å². The van der Waals surface area contributed by atoms with Gasteiger partial charge in [0.2, 0.25) is 11.7 Å². The predicted octanol–water partition coefficient (Wildman–Crippen LogP) is 2.43. The fourth-order valence-corrected chi connectivity index (χ4v) is 1.82. The molecule has 7 heteroatoms. The van der Waals surface area contributed by atoms with Crippen LogP contribution in [0, 0.1) is 5.82 Å². The number of nitrogens with zero attached hydrogens (tertiary/aromatic N) is 3. The van der Waals surface area contributed by atoms with E-state index < -0.39 is 0 Å². The quantitative estimate of drug-likeness (QED) is 0.918. The normalized spacial score (nSPS) is 10.4. The predicted molar refractivity (Wildman–Crippen MR) is 74.8 cm³/mol. The van der Waals surface area contributed by atoms with Crippen LogP contribution in [0.4, 0.5) is 9.18 Å². The van der Waals surface area contributed by atoms with Crippen molar-refractivity contribution in [1.29, 1.82) is 0 Å². The van der Waals surface area contributed by atoms with E-state index in [1.54, 1.807) is 17.0 Å². The van der Waals surface area contributed by atoms with E-state index in [9.17, 15) is 9.18 Å². The number of nitrogens with one attached hydrogen (secondary N) is 1. The fourth-order valence-electron chi connectivity index (χ4n) is 1.82. The van der Waals surface area contributed by atoms with Gasteiger partial charge in [0.1, 0.15) is 5.82 Å². The van der Waals surface area contributed by atoms with Crippen molar-refractivity contribution >= 4 is 6.03 Å². The van der Waals surface area contributed by atoms with Gasteiger partial charge in [-0.05, 0) is 38.1 Å². The van der Waals surface area contributed by atoms with E-state index in [1.165, 1.54) is 12.1 Å². The molecule has 112 valence electrons. The second-order valence-corrected chi connectivity index (χ2v) is 4.35. The number of aromatic nitrogens is 2. The van der Waals surface area contributed by atoms with Gasteiger partial charge < -0.3 is 14.7 Å². The second-order valence-electron chi connectivity index (χ2n) is 4.35. The molecule has 6 nitrogen and oxygen atoms in total. The molecule has 0 bridgehead atoms. The lowest BCUT2D eigenvalue weighted by Crippen LogP contribution is -2.39. The number of urea groups is 1. The number of halogens is 1. The van der Waals surface area contributed by atoms with E-state index in [2.05, 4.69) is 15.5 Å². The van der Waals surface area contributed by atoms with E-state index in [0.717, 1.165) is 0 Å². The molecule has 1 heterocycles. The van der Waals surface area contributed by atoms with Crippen molar-refractivity contribution in [1.82, 2.24) is 20.4 Å². The average Bonchev–Trinajstić information content (AvgIpc) is 2.96. The summed E-state index contributed by atoms with van der Waals surface area (Å²) >= 11 is 0. The zero-order chi connectivity index (χ0) is 15.2. The Labute approximate surface area is 121 Å². The van der Waals surface area contributed by atoms with Crippen LogP contribution in [0.2, 0.25) is 0 Å². The molecule has 0 unspecified atom stereocenters. The van der Waals surface area contributed by atoms with E-state index >= 15 is 0 Å². The standard InChI is InChI=1S/C14H17FN4O2/c1-3-19(4-2)14(20)16-9-12-17-13(18-21-12)10-5-7-11(15)8-6-10/h5-8H,3-4,9H2,1-2H3,(H,16,20). The highest BCUT2D eigenvalue weighted by Crippen LogP contribution is 2.15. The van der Waals surface area contributed by atoms with Gasteiger partial charge in [-0.25, -0.2) is 9.18 Å². The van der Waals surface area contributed by atoms with Crippen LogP contribution < -0.4 is 5.32 Å². The maximum absolute atomic E-state index is 12.8. The molecule has 0 atom stereocenters. The minimum atomic E-state index is -0.325. The molecule has 0 fully saturated rings. The van der Waals surface area contributed by atoms with Crippen molar-refractivity contribution in [3.63, 3.8) is 0 Å². The van der Waals surface area contributed by atoms with Gasteiger partial charge in [0.15, 0.2) is 0 Å². The largest absolute Gasteiger partial charge is 0.337 e. The summed E-state index contributed by atoms with van der Waals surface area (Å²) in [6.07, 6.45) is 0. The molecule has 2 rings (SSSR count). The van der Waals surface area contributed by atoms with E-state index in [-0.39, 0.29) is 18.4 Å². The Morgan fingerprint density at radius 1 is 1.29 bits per heavy atom. The van der Waals surface area contributed by atoms with E-state index in [0.29, 0.717) is 30.4 Å². The minimum absolute atomic E-state index is 0.156. The smallest absolute Gasteiger partial charge is 0.317 e. The first-order chi connectivity index (χ1) is 10.1. The summed E-state index contributed by atoms with van der Waals surface area (Å²) in [5, 5.41) is 6.51. The number of amides is 2. The van der Waals surface area contributed by atoms with Gasteiger partial charge in [-0.3, -0.25) is 0 Å². The summed E-state index contributed by atoms with van der Waals surface area (Å²) < 4.78 is 17.9. The molecule has 0 aliphatic carbocycles. The second kappa shape index (κ2) is 6.83. The minimum Gasteiger partial charge on any atom is -0.337 e. The van der Waals surface area contributed by atoms with Crippen LogP contribution in [0.3, 0.4) is 0 Å². The molecule has 2 amide bonds. The first kappa shape index (κ1) is 15.0. The van der Waals surface area contributed by atoms with Crippen LogP contribution in [0.5, 0.6) is 0 Å².